The molecule has 1 aliphatic rings. The molecule has 0 amide bonds. The molecule has 3 nitrogen and oxygen atoms in total. The molecule has 18 heavy (non-hydrogen) atoms. The Bertz CT molecular complexity index is 342. The minimum absolute atomic E-state index is 0.110. The van der Waals surface area contributed by atoms with Crippen molar-refractivity contribution in [3.05, 3.63) is 11.1 Å². The number of carbonyl (C=O) groups excluding carboxylic acids is 1. The summed E-state index contributed by atoms with van der Waals surface area (Å²) < 4.78 is 29.8. The Morgan fingerprint density at radius 3 is 2.78 bits per heavy atom. The fraction of sp³-hybridized carbons (Fsp3) is 0.750. The number of halogens is 3. The highest BCUT2D eigenvalue weighted by atomic mass is 35.5. The molecule has 2 atom stereocenters. The van der Waals surface area contributed by atoms with Gasteiger partial charge in [-0.1, -0.05) is 11.6 Å². The summed E-state index contributed by atoms with van der Waals surface area (Å²) in [5.74, 6) is -0.802. The third-order valence-corrected chi connectivity index (χ3v) is 3.80. The molecule has 0 saturated heterocycles. The van der Waals surface area contributed by atoms with E-state index in [2.05, 4.69) is 0 Å². The Labute approximate surface area is 110 Å². The average molecular weight is 283 g/mol. The van der Waals surface area contributed by atoms with Crippen LogP contribution >= 0.6 is 11.6 Å². The smallest absolute Gasteiger partial charge is 0.305 e. The van der Waals surface area contributed by atoms with Gasteiger partial charge in [0.05, 0.1) is 6.61 Å². The first kappa shape index (κ1) is 15.4. The van der Waals surface area contributed by atoms with Crippen molar-refractivity contribution in [2.75, 3.05) is 6.61 Å². The lowest BCUT2D eigenvalue weighted by Crippen LogP contribution is -2.34. The van der Waals surface area contributed by atoms with E-state index < -0.39 is 22.6 Å². The van der Waals surface area contributed by atoms with E-state index in [0.717, 1.165) is 0 Å². The molecule has 1 saturated carbocycles. The maximum Gasteiger partial charge on any atom is 0.305 e. The van der Waals surface area contributed by atoms with Crippen molar-refractivity contribution >= 4 is 17.6 Å². The van der Waals surface area contributed by atoms with Crippen molar-refractivity contribution in [2.24, 2.45) is 5.92 Å². The molecule has 0 aliphatic heterocycles. The second-order valence-electron chi connectivity index (χ2n) is 4.43. The van der Waals surface area contributed by atoms with E-state index in [-0.39, 0.29) is 25.4 Å². The van der Waals surface area contributed by atoms with Gasteiger partial charge in [-0.2, -0.15) is 8.78 Å². The van der Waals surface area contributed by atoms with Gasteiger partial charge in [0.1, 0.15) is 10.6 Å². The summed E-state index contributed by atoms with van der Waals surface area (Å²) in [7, 11) is 0. The van der Waals surface area contributed by atoms with Crippen LogP contribution in [0.25, 0.3) is 0 Å². The predicted octanol–water partition coefficient (Wildman–Crippen LogP) is 3.21. The Hall–Kier alpha value is -0.680. The minimum Gasteiger partial charge on any atom is -0.466 e. The lowest BCUT2D eigenvalue weighted by molar-refractivity contribution is -0.143. The van der Waals surface area contributed by atoms with Crippen LogP contribution in [-0.4, -0.2) is 23.3 Å². The molecular weight excluding hydrogens is 266 g/mol. The Kier molecular flexibility index (Phi) is 5.53. The van der Waals surface area contributed by atoms with E-state index in [1.165, 1.54) is 0 Å². The average Bonchev–Trinajstić information content (AvgIpc) is 2.68. The van der Waals surface area contributed by atoms with Gasteiger partial charge in [-0.25, -0.2) is 0 Å². The van der Waals surface area contributed by atoms with E-state index in [4.69, 9.17) is 16.3 Å². The van der Waals surface area contributed by atoms with Gasteiger partial charge in [-0.3, -0.25) is 4.79 Å². The van der Waals surface area contributed by atoms with E-state index >= 15 is 0 Å². The summed E-state index contributed by atoms with van der Waals surface area (Å²) in [6, 6.07) is 0. The van der Waals surface area contributed by atoms with Crippen LogP contribution in [0.2, 0.25) is 0 Å². The van der Waals surface area contributed by atoms with Crippen LogP contribution in [0.5, 0.6) is 0 Å². The zero-order valence-electron chi connectivity index (χ0n) is 10.2. The Balaban J connectivity index is 2.65. The van der Waals surface area contributed by atoms with Crippen molar-refractivity contribution in [1.82, 2.24) is 0 Å². The van der Waals surface area contributed by atoms with E-state index in [1.54, 1.807) is 6.92 Å². The maximum absolute atomic E-state index is 12.5. The molecule has 0 bridgehead atoms. The highest BCUT2D eigenvalue weighted by Gasteiger charge is 2.45. The van der Waals surface area contributed by atoms with Crippen LogP contribution in [0.1, 0.15) is 39.0 Å². The van der Waals surface area contributed by atoms with E-state index in [9.17, 15) is 18.7 Å². The number of rotatable bonds is 5. The molecule has 1 fully saturated rings. The standard InChI is InChI=1S/C12H17ClF2O3/c1-2-18-9(16)6-5-8-4-3-7-12(8,17)10(13)11(14)15/h8,17H,2-7H2,1H3/t8-,12+/m0/s1. The summed E-state index contributed by atoms with van der Waals surface area (Å²) in [6.45, 7) is 1.98. The number of esters is 1. The SMILES string of the molecule is CCOC(=O)CC[C@@H]1CCC[C@]1(O)C(Cl)=C(F)F. The van der Waals surface area contributed by atoms with Gasteiger partial charge < -0.3 is 9.84 Å². The van der Waals surface area contributed by atoms with Crippen molar-refractivity contribution < 1.29 is 23.4 Å². The lowest BCUT2D eigenvalue weighted by Gasteiger charge is -2.28. The Morgan fingerprint density at radius 2 is 2.22 bits per heavy atom. The van der Waals surface area contributed by atoms with Crippen molar-refractivity contribution in [2.45, 2.75) is 44.6 Å². The molecule has 0 radical (unpaired) electrons. The molecule has 0 unspecified atom stereocenters. The number of hydrogen-bond acceptors (Lipinski definition) is 3. The molecule has 1 aliphatic carbocycles. The zero-order chi connectivity index (χ0) is 13.8. The molecular formula is C12H17ClF2O3. The zero-order valence-corrected chi connectivity index (χ0v) is 11.0. The first-order valence-corrected chi connectivity index (χ1v) is 6.38. The van der Waals surface area contributed by atoms with Gasteiger partial charge in [0, 0.05) is 6.42 Å². The molecule has 0 heterocycles. The third-order valence-electron chi connectivity index (χ3n) is 3.33. The van der Waals surface area contributed by atoms with Gasteiger partial charge in [0.25, 0.3) is 6.08 Å². The summed E-state index contributed by atoms with van der Waals surface area (Å²) in [5.41, 5.74) is -1.69. The summed E-state index contributed by atoms with van der Waals surface area (Å²) >= 11 is 5.50. The fourth-order valence-electron chi connectivity index (χ4n) is 2.42. The number of ether oxygens (including phenoxy) is 1. The quantitative estimate of drug-likeness (QED) is 0.788. The normalized spacial score (nSPS) is 27.1. The van der Waals surface area contributed by atoms with Crippen molar-refractivity contribution in [1.29, 1.82) is 0 Å². The van der Waals surface area contributed by atoms with Crippen molar-refractivity contribution in [3.8, 4) is 0 Å². The van der Waals surface area contributed by atoms with Gasteiger partial charge in [0.2, 0.25) is 0 Å². The van der Waals surface area contributed by atoms with Crippen LogP contribution in [0.15, 0.2) is 11.1 Å². The largest absolute Gasteiger partial charge is 0.466 e. The first-order valence-electron chi connectivity index (χ1n) is 6.01. The lowest BCUT2D eigenvalue weighted by atomic mass is 9.87. The predicted molar refractivity (Wildman–Crippen MR) is 63.3 cm³/mol. The minimum atomic E-state index is -2.05. The summed E-state index contributed by atoms with van der Waals surface area (Å²) in [6.07, 6.45) is -0.233. The number of carbonyl (C=O) groups is 1. The van der Waals surface area contributed by atoms with Crippen molar-refractivity contribution in [3.63, 3.8) is 0 Å². The summed E-state index contributed by atoms with van der Waals surface area (Å²) in [5, 5.41) is 9.43. The molecule has 0 aromatic heterocycles. The first-order chi connectivity index (χ1) is 8.41. The van der Waals surface area contributed by atoms with Crippen LogP contribution < -0.4 is 0 Å². The molecule has 1 N–H and O–H groups in total. The van der Waals surface area contributed by atoms with Gasteiger partial charge >= 0.3 is 5.97 Å². The van der Waals surface area contributed by atoms with E-state index in [0.29, 0.717) is 19.3 Å². The number of aliphatic hydroxyl groups is 1. The highest BCUT2D eigenvalue weighted by molar-refractivity contribution is 6.30. The van der Waals surface area contributed by atoms with Gasteiger partial charge in [-0.05, 0) is 38.5 Å². The second-order valence-corrected chi connectivity index (χ2v) is 4.81. The molecule has 104 valence electrons. The monoisotopic (exact) mass is 282 g/mol. The van der Waals surface area contributed by atoms with Crippen LogP contribution in [-0.2, 0) is 9.53 Å². The molecule has 1 rings (SSSR count). The molecule has 6 heteroatoms. The topological polar surface area (TPSA) is 46.5 Å². The van der Waals surface area contributed by atoms with Crippen LogP contribution in [0, 0.1) is 5.92 Å². The van der Waals surface area contributed by atoms with Gasteiger partial charge in [-0.15, -0.1) is 0 Å². The van der Waals surface area contributed by atoms with Crippen LogP contribution in [0.3, 0.4) is 0 Å². The number of hydrogen-bond donors (Lipinski definition) is 1. The Morgan fingerprint density at radius 1 is 1.56 bits per heavy atom. The third kappa shape index (κ3) is 3.42. The van der Waals surface area contributed by atoms with Gasteiger partial charge in [0.15, 0.2) is 0 Å². The molecule has 0 aromatic carbocycles. The second kappa shape index (κ2) is 6.48. The highest BCUT2D eigenvalue weighted by Crippen LogP contribution is 2.46. The summed E-state index contributed by atoms with van der Waals surface area (Å²) in [4.78, 5) is 11.2. The molecule has 0 spiro atoms. The fourth-order valence-corrected chi connectivity index (χ4v) is 2.67. The molecule has 0 aromatic rings. The maximum atomic E-state index is 12.5. The van der Waals surface area contributed by atoms with E-state index in [1.807, 2.05) is 0 Å². The van der Waals surface area contributed by atoms with Crippen LogP contribution in [0.4, 0.5) is 8.78 Å².